The molecule has 0 fully saturated rings. The molecule has 10 heteroatoms. The molecule has 0 aliphatic rings. The van der Waals surface area contributed by atoms with E-state index < -0.39 is 11.9 Å². The smallest absolute Gasteiger partial charge is 0.400 e. The lowest BCUT2D eigenvalue weighted by atomic mass is 10.2. The first-order chi connectivity index (χ1) is 13.5. The molecule has 0 atom stereocenters. The number of ether oxygens (including phenoxy) is 1. The molecule has 2 aromatic heterocycles. The van der Waals surface area contributed by atoms with Gasteiger partial charge in [-0.25, -0.2) is 4.79 Å². The highest BCUT2D eigenvalue weighted by molar-refractivity contribution is 5.98. The van der Waals surface area contributed by atoms with Gasteiger partial charge in [-0.1, -0.05) is 5.16 Å². The molecule has 2 heterocycles. The fraction of sp³-hybridized carbons (Fsp3) is 0.111. The number of oxime groups is 1. The summed E-state index contributed by atoms with van der Waals surface area (Å²) in [5.74, 6) is -0.405. The highest BCUT2D eigenvalue weighted by atomic mass is 16.7. The SMILES string of the molecule is NC(=O)COc1ccc(/C(N)=N/OC(=O)c2ccc(Cn3cccn3)o2)cc1. The van der Waals surface area contributed by atoms with Crippen molar-refractivity contribution in [2.45, 2.75) is 6.54 Å². The summed E-state index contributed by atoms with van der Waals surface area (Å²) in [4.78, 5) is 27.5. The third-order valence-electron chi connectivity index (χ3n) is 3.50. The molecule has 1 amide bonds. The van der Waals surface area contributed by atoms with Crippen LogP contribution in [0.15, 0.2) is 64.4 Å². The lowest BCUT2D eigenvalue weighted by Crippen LogP contribution is -2.20. The van der Waals surface area contributed by atoms with Crippen molar-refractivity contribution in [2.24, 2.45) is 16.6 Å². The summed E-state index contributed by atoms with van der Waals surface area (Å²) in [7, 11) is 0. The van der Waals surface area contributed by atoms with Crippen molar-refractivity contribution in [3.8, 4) is 5.75 Å². The highest BCUT2D eigenvalue weighted by Gasteiger charge is 2.14. The van der Waals surface area contributed by atoms with Crippen molar-refractivity contribution in [3.63, 3.8) is 0 Å². The Labute approximate surface area is 159 Å². The van der Waals surface area contributed by atoms with Gasteiger partial charge in [0, 0.05) is 18.0 Å². The number of hydrogen-bond acceptors (Lipinski definition) is 7. The summed E-state index contributed by atoms with van der Waals surface area (Å²) in [5, 5.41) is 7.67. The minimum atomic E-state index is -0.781. The van der Waals surface area contributed by atoms with Gasteiger partial charge < -0.3 is 25.5 Å². The molecule has 0 bridgehead atoms. The van der Waals surface area contributed by atoms with Crippen LogP contribution in [-0.2, 0) is 16.2 Å². The average Bonchev–Trinajstić information content (AvgIpc) is 3.37. The van der Waals surface area contributed by atoms with Crippen LogP contribution in [0.25, 0.3) is 0 Å². The molecule has 0 unspecified atom stereocenters. The maximum atomic E-state index is 12.0. The van der Waals surface area contributed by atoms with E-state index in [0.717, 1.165) is 0 Å². The van der Waals surface area contributed by atoms with Gasteiger partial charge in [-0.2, -0.15) is 5.10 Å². The van der Waals surface area contributed by atoms with Gasteiger partial charge in [-0.15, -0.1) is 0 Å². The molecular weight excluding hydrogens is 366 g/mol. The van der Waals surface area contributed by atoms with Gasteiger partial charge in [-0.3, -0.25) is 9.48 Å². The number of nitrogens with two attached hydrogens (primary N) is 2. The number of amides is 1. The van der Waals surface area contributed by atoms with Gasteiger partial charge in [0.15, 0.2) is 12.4 Å². The molecule has 3 aromatic rings. The van der Waals surface area contributed by atoms with E-state index in [1.165, 1.54) is 6.07 Å². The molecule has 3 rings (SSSR count). The maximum absolute atomic E-state index is 12.0. The Balaban J connectivity index is 1.57. The monoisotopic (exact) mass is 383 g/mol. The van der Waals surface area contributed by atoms with Crippen LogP contribution in [0.1, 0.15) is 21.9 Å². The molecule has 0 saturated heterocycles. The molecule has 4 N–H and O–H groups in total. The second-order valence-electron chi connectivity index (χ2n) is 5.60. The first-order valence-corrected chi connectivity index (χ1v) is 8.14. The number of benzene rings is 1. The van der Waals surface area contributed by atoms with Gasteiger partial charge in [0.05, 0.1) is 6.54 Å². The minimum Gasteiger partial charge on any atom is -0.484 e. The van der Waals surface area contributed by atoms with Gasteiger partial charge in [0.2, 0.25) is 5.76 Å². The summed E-state index contributed by atoms with van der Waals surface area (Å²) >= 11 is 0. The second kappa shape index (κ2) is 8.54. The van der Waals surface area contributed by atoms with E-state index in [4.69, 9.17) is 25.5 Å². The molecule has 28 heavy (non-hydrogen) atoms. The van der Waals surface area contributed by atoms with Crippen molar-refractivity contribution < 1.29 is 23.6 Å². The standard InChI is InChI=1S/C18H17N5O5/c19-16(24)11-26-13-4-2-12(3-5-13)17(20)22-28-18(25)15-7-6-14(27-15)10-23-9-1-8-21-23/h1-9H,10-11H2,(H2,19,24)(H2,20,22). The van der Waals surface area contributed by atoms with Crippen LogP contribution in [0.3, 0.4) is 0 Å². The van der Waals surface area contributed by atoms with E-state index in [1.54, 1.807) is 53.5 Å². The third-order valence-corrected chi connectivity index (χ3v) is 3.50. The third kappa shape index (κ3) is 4.97. The zero-order chi connectivity index (χ0) is 19.9. The van der Waals surface area contributed by atoms with Crippen LogP contribution in [-0.4, -0.2) is 34.1 Å². The molecule has 1 aromatic carbocycles. The molecule has 10 nitrogen and oxygen atoms in total. The van der Waals surface area contributed by atoms with Crippen LogP contribution in [0.4, 0.5) is 0 Å². The first-order valence-electron chi connectivity index (χ1n) is 8.14. The van der Waals surface area contributed by atoms with E-state index >= 15 is 0 Å². The number of carbonyl (C=O) groups is 2. The van der Waals surface area contributed by atoms with Crippen molar-refractivity contribution in [3.05, 3.63) is 71.9 Å². The first kappa shape index (κ1) is 18.7. The van der Waals surface area contributed by atoms with Gasteiger partial charge in [-0.05, 0) is 42.5 Å². The Bertz CT molecular complexity index is 976. The summed E-state index contributed by atoms with van der Waals surface area (Å²) in [5.41, 5.74) is 11.3. The Hall–Kier alpha value is -4.08. The highest BCUT2D eigenvalue weighted by Crippen LogP contribution is 2.13. The van der Waals surface area contributed by atoms with E-state index in [0.29, 0.717) is 23.6 Å². The summed E-state index contributed by atoms with van der Waals surface area (Å²) in [6.45, 7) is 0.155. The van der Waals surface area contributed by atoms with Crippen molar-refractivity contribution in [1.29, 1.82) is 0 Å². The molecule has 0 saturated carbocycles. The lowest BCUT2D eigenvalue weighted by Gasteiger charge is -2.05. The van der Waals surface area contributed by atoms with Crippen molar-refractivity contribution in [2.75, 3.05) is 6.61 Å². The summed E-state index contributed by atoms with van der Waals surface area (Å²) in [6.07, 6.45) is 3.42. The number of furan rings is 1. The minimum absolute atomic E-state index is 0.00564. The van der Waals surface area contributed by atoms with Crippen LogP contribution >= 0.6 is 0 Å². The lowest BCUT2D eigenvalue weighted by molar-refractivity contribution is -0.119. The average molecular weight is 383 g/mol. The van der Waals surface area contributed by atoms with Gasteiger partial charge in [0.25, 0.3) is 5.91 Å². The molecule has 0 aliphatic heterocycles. The van der Waals surface area contributed by atoms with Crippen LogP contribution in [0.5, 0.6) is 5.75 Å². The van der Waals surface area contributed by atoms with E-state index in [-0.39, 0.29) is 18.2 Å². The predicted octanol–water partition coefficient (Wildman–Crippen LogP) is 0.866. The Morgan fingerprint density at radius 3 is 2.61 bits per heavy atom. The zero-order valence-electron chi connectivity index (χ0n) is 14.6. The van der Waals surface area contributed by atoms with Gasteiger partial charge in [0.1, 0.15) is 11.5 Å². The Kier molecular flexibility index (Phi) is 5.70. The van der Waals surface area contributed by atoms with E-state index in [1.807, 2.05) is 0 Å². The number of amidine groups is 1. The molecule has 0 spiro atoms. The summed E-state index contributed by atoms with van der Waals surface area (Å²) in [6, 6.07) is 11.3. The van der Waals surface area contributed by atoms with Crippen LogP contribution < -0.4 is 16.2 Å². The maximum Gasteiger partial charge on any atom is 0.400 e. The molecule has 0 aliphatic carbocycles. The van der Waals surface area contributed by atoms with Crippen molar-refractivity contribution >= 4 is 17.7 Å². The second-order valence-corrected chi connectivity index (χ2v) is 5.60. The summed E-state index contributed by atoms with van der Waals surface area (Å²) < 4.78 is 12.2. The fourth-order valence-corrected chi connectivity index (χ4v) is 2.19. The van der Waals surface area contributed by atoms with Gasteiger partial charge >= 0.3 is 5.97 Å². The number of hydrogen-bond donors (Lipinski definition) is 2. The van der Waals surface area contributed by atoms with Crippen molar-refractivity contribution in [1.82, 2.24) is 9.78 Å². The van der Waals surface area contributed by atoms with E-state index in [9.17, 15) is 9.59 Å². The topological polar surface area (TPSA) is 148 Å². The quantitative estimate of drug-likeness (QED) is 0.254. The number of carbonyl (C=O) groups excluding carboxylic acids is 2. The number of primary amides is 1. The molecule has 144 valence electrons. The predicted molar refractivity (Wildman–Crippen MR) is 97.3 cm³/mol. The number of nitrogens with zero attached hydrogens (tertiary/aromatic N) is 3. The zero-order valence-corrected chi connectivity index (χ0v) is 14.6. The van der Waals surface area contributed by atoms with Crippen LogP contribution in [0, 0.1) is 0 Å². The largest absolute Gasteiger partial charge is 0.484 e. The number of rotatable bonds is 8. The Morgan fingerprint density at radius 2 is 1.93 bits per heavy atom. The number of aromatic nitrogens is 2. The van der Waals surface area contributed by atoms with Crippen LogP contribution in [0.2, 0.25) is 0 Å². The normalized spacial score (nSPS) is 11.2. The molecule has 0 radical (unpaired) electrons. The molecular formula is C18H17N5O5. The van der Waals surface area contributed by atoms with E-state index in [2.05, 4.69) is 10.3 Å². The fourth-order valence-electron chi connectivity index (χ4n) is 2.19. The Morgan fingerprint density at radius 1 is 1.14 bits per heavy atom.